The van der Waals surface area contributed by atoms with Crippen molar-refractivity contribution in [3.63, 3.8) is 0 Å². The number of nitrogens with zero attached hydrogens (tertiary/aromatic N) is 2. The molecule has 4 aromatic rings. The molecule has 0 unspecified atom stereocenters. The van der Waals surface area contributed by atoms with Gasteiger partial charge in [-0.05, 0) is 11.5 Å². The molecule has 25 heavy (non-hydrogen) atoms. The van der Waals surface area contributed by atoms with Crippen LogP contribution in [-0.4, -0.2) is 15.9 Å². The summed E-state index contributed by atoms with van der Waals surface area (Å²) in [5, 5.41) is 5.02. The predicted octanol–water partition coefficient (Wildman–Crippen LogP) is 4.55. The molecule has 0 atom stereocenters. The summed E-state index contributed by atoms with van der Waals surface area (Å²) < 4.78 is 0. The van der Waals surface area contributed by atoms with E-state index < -0.39 is 0 Å². The predicted molar refractivity (Wildman–Crippen MR) is 99.4 cm³/mol. The lowest BCUT2D eigenvalue weighted by Crippen LogP contribution is -2.13. The number of amides is 1. The van der Waals surface area contributed by atoms with Crippen molar-refractivity contribution in [2.24, 2.45) is 0 Å². The van der Waals surface area contributed by atoms with E-state index in [0.717, 1.165) is 22.0 Å². The molecule has 0 fully saturated rings. The third kappa shape index (κ3) is 3.10. The van der Waals surface area contributed by atoms with Gasteiger partial charge in [-0.3, -0.25) is 4.79 Å². The van der Waals surface area contributed by atoms with Crippen LogP contribution in [0.4, 0.5) is 5.69 Å². The molecular formula is C21H15N3O. The van der Waals surface area contributed by atoms with Crippen molar-refractivity contribution in [2.45, 2.75) is 0 Å². The summed E-state index contributed by atoms with van der Waals surface area (Å²) in [4.78, 5) is 21.1. The van der Waals surface area contributed by atoms with Crippen LogP contribution in [0.3, 0.4) is 0 Å². The van der Waals surface area contributed by atoms with Crippen molar-refractivity contribution in [2.75, 3.05) is 5.32 Å². The zero-order chi connectivity index (χ0) is 17.1. The van der Waals surface area contributed by atoms with E-state index in [1.807, 2.05) is 72.8 Å². The Kier molecular flexibility index (Phi) is 3.92. The highest BCUT2D eigenvalue weighted by Crippen LogP contribution is 2.23. The van der Waals surface area contributed by atoms with Gasteiger partial charge in [-0.1, -0.05) is 66.7 Å². The molecule has 1 N–H and O–H groups in total. The first-order chi connectivity index (χ1) is 12.3. The van der Waals surface area contributed by atoms with Gasteiger partial charge in [-0.25, -0.2) is 9.97 Å². The van der Waals surface area contributed by atoms with Crippen LogP contribution in [0.5, 0.6) is 0 Å². The Labute approximate surface area is 145 Å². The SMILES string of the molecule is O=C(Nc1cccc2ccccc12)c1cnc(-c2ccccc2)nc1. The van der Waals surface area contributed by atoms with Crippen molar-refractivity contribution < 1.29 is 4.79 Å². The molecule has 4 heteroatoms. The molecule has 0 aliphatic heterocycles. The fraction of sp³-hybridized carbons (Fsp3) is 0. The summed E-state index contributed by atoms with van der Waals surface area (Å²) in [6.07, 6.45) is 3.10. The Morgan fingerprint density at radius 3 is 2.24 bits per heavy atom. The number of rotatable bonds is 3. The Hall–Kier alpha value is -3.53. The van der Waals surface area contributed by atoms with E-state index in [2.05, 4.69) is 15.3 Å². The molecule has 0 spiro atoms. The largest absolute Gasteiger partial charge is 0.321 e. The fourth-order valence-corrected chi connectivity index (χ4v) is 2.71. The number of aromatic nitrogens is 2. The molecular weight excluding hydrogens is 310 g/mol. The highest BCUT2D eigenvalue weighted by molar-refractivity contribution is 6.08. The van der Waals surface area contributed by atoms with E-state index in [9.17, 15) is 4.79 Å². The van der Waals surface area contributed by atoms with Gasteiger partial charge in [0.1, 0.15) is 0 Å². The molecule has 0 radical (unpaired) electrons. The van der Waals surface area contributed by atoms with Crippen molar-refractivity contribution >= 4 is 22.4 Å². The number of benzene rings is 3. The Balaban J connectivity index is 1.59. The van der Waals surface area contributed by atoms with E-state index in [-0.39, 0.29) is 5.91 Å². The van der Waals surface area contributed by atoms with Gasteiger partial charge in [0.05, 0.1) is 5.56 Å². The minimum atomic E-state index is -0.226. The summed E-state index contributed by atoms with van der Waals surface area (Å²) in [7, 11) is 0. The second-order valence-corrected chi connectivity index (χ2v) is 5.64. The van der Waals surface area contributed by atoms with Gasteiger partial charge in [0.25, 0.3) is 5.91 Å². The summed E-state index contributed by atoms with van der Waals surface area (Å²) >= 11 is 0. The third-order valence-corrected chi connectivity index (χ3v) is 3.98. The van der Waals surface area contributed by atoms with Gasteiger partial charge >= 0.3 is 0 Å². The number of carbonyl (C=O) groups is 1. The maximum Gasteiger partial charge on any atom is 0.258 e. The van der Waals surface area contributed by atoms with E-state index in [4.69, 9.17) is 0 Å². The lowest BCUT2D eigenvalue weighted by atomic mass is 10.1. The van der Waals surface area contributed by atoms with Crippen LogP contribution in [0.15, 0.2) is 85.2 Å². The minimum absolute atomic E-state index is 0.226. The highest BCUT2D eigenvalue weighted by Gasteiger charge is 2.10. The number of carbonyl (C=O) groups excluding carboxylic acids is 1. The second kappa shape index (κ2) is 6.53. The normalized spacial score (nSPS) is 10.6. The standard InChI is InChI=1S/C21H15N3O/c25-21(24-19-12-6-10-15-7-4-5-11-18(15)19)17-13-22-20(23-14-17)16-8-2-1-3-9-16/h1-14H,(H,24,25). The topological polar surface area (TPSA) is 54.9 Å². The summed E-state index contributed by atoms with van der Waals surface area (Å²) in [6, 6.07) is 23.4. The van der Waals surface area contributed by atoms with Crippen LogP contribution in [0.25, 0.3) is 22.2 Å². The number of hydrogen-bond acceptors (Lipinski definition) is 3. The average molecular weight is 325 g/mol. The molecule has 0 bridgehead atoms. The zero-order valence-corrected chi connectivity index (χ0v) is 13.4. The van der Waals surface area contributed by atoms with Crippen molar-refractivity contribution in [3.8, 4) is 11.4 Å². The molecule has 0 aliphatic carbocycles. The van der Waals surface area contributed by atoms with E-state index in [1.54, 1.807) is 12.4 Å². The van der Waals surface area contributed by atoms with Crippen LogP contribution in [0.1, 0.15) is 10.4 Å². The Morgan fingerprint density at radius 1 is 0.760 bits per heavy atom. The molecule has 4 nitrogen and oxygen atoms in total. The van der Waals surface area contributed by atoms with Crippen molar-refractivity contribution in [1.29, 1.82) is 0 Å². The lowest BCUT2D eigenvalue weighted by Gasteiger charge is -2.08. The molecule has 1 heterocycles. The Morgan fingerprint density at radius 2 is 1.44 bits per heavy atom. The summed E-state index contributed by atoms with van der Waals surface area (Å²) in [6.45, 7) is 0. The van der Waals surface area contributed by atoms with Crippen LogP contribution < -0.4 is 5.32 Å². The molecule has 0 saturated heterocycles. The van der Waals surface area contributed by atoms with Gasteiger partial charge in [-0.15, -0.1) is 0 Å². The van der Waals surface area contributed by atoms with Gasteiger partial charge < -0.3 is 5.32 Å². The first-order valence-electron chi connectivity index (χ1n) is 7.98. The van der Waals surface area contributed by atoms with Crippen molar-refractivity contribution in [3.05, 3.63) is 90.8 Å². The quantitative estimate of drug-likeness (QED) is 0.601. The van der Waals surface area contributed by atoms with E-state index in [1.165, 1.54) is 0 Å². The number of anilines is 1. The number of fused-ring (bicyclic) bond motifs is 1. The lowest BCUT2D eigenvalue weighted by molar-refractivity contribution is 0.102. The number of nitrogens with one attached hydrogen (secondary N) is 1. The van der Waals surface area contributed by atoms with Crippen LogP contribution in [0, 0.1) is 0 Å². The second-order valence-electron chi connectivity index (χ2n) is 5.64. The fourth-order valence-electron chi connectivity index (χ4n) is 2.71. The summed E-state index contributed by atoms with van der Waals surface area (Å²) in [5.41, 5.74) is 2.12. The van der Waals surface area contributed by atoms with Crippen molar-refractivity contribution in [1.82, 2.24) is 9.97 Å². The molecule has 120 valence electrons. The molecule has 1 aromatic heterocycles. The maximum absolute atomic E-state index is 12.5. The smallest absolute Gasteiger partial charge is 0.258 e. The zero-order valence-electron chi connectivity index (χ0n) is 13.4. The van der Waals surface area contributed by atoms with E-state index >= 15 is 0 Å². The Bertz CT molecular complexity index is 1020. The molecule has 1 amide bonds. The highest BCUT2D eigenvalue weighted by atomic mass is 16.1. The third-order valence-electron chi connectivity index (χ3n) is 3.98. The van der Waals surface area contributed by atoms with Gasteiger partial charge in [0.2, 0.25) is 0 Å². The van der Waals surface area contributed by atoms with Gasteiger partial charge in [-0.2, -0.15) is 0 Å². The van der Waals surface area contributed by atoms with Crippen LogP contribution >= 0.6 is 0 Å². The number of hydrogen-bond donors (Lipinski definition) is 1. The monoisotopic (exact) mass is 325 g/mol. The summed E-state index contributed by atoms with van der Waals surface area (Å²) in [5.74, 6) is 0.373. The first-order valence-corrected chi connectivity index (χ1v) is 7.98. The molecule has 4 rings (SSSR count). The first kappa shape index (κ1) is 15.0. The van der Waals surface area contributed by atoms with E-state index in [0.29, 0.717) is 11.4 Å². The molecule has 0 saturated carbocycles. The maximum atomic E-state index is 12.5. The average Bonchev–Trinajstić information content (AvgIpc) is 2.69. The minimum Gasteiger partial charge on any atom is -0.321 e. The van der Waals surface area contributed by atoms with Crippen LogP contribution in [0.2, 0.25) is 0 Å². The van der Waals surface area contributed by atoms with Gasteiger partial charge in [0.15, 0.2) is 5.82 Å². The molecule has 3 aromatic carbocycles. The van der Waals surface area contributed by atoms with Crippen LogP contribution in [-0.2, 0) is 0 Å². The van der Waals surface area contributed by atoms with Gasteiger partial charge in [0, 0.05) is 29.0 Å². The molecule has 0 aliphatic rings.